The van der Waals surface area contributed by atoms with Crippen LogP contribution in [0.15, 0.2) is 28.7 Å². The van der Waals surface area contributed by atoms with Crippen molar-refractivity contribution in [2.24, 2.45) is 0 Å². The molecule has 0 atom stereocenters. The molecule has 0 unspecified atom stereocenters. The maximum Gasteiger partial charge on any atom is 0.356 e. The Balaban J connectivity index is 2.66. The second-order valence-electron chi connectivity index (χ2n) is 4.72. The van der Waals surface area contributed by atoms with E-state index in [0.717, 1.165) is 21.3 Å². The van der Waals surface area contributed by atoms with Crippen LogP contribution < -0.4 is 0 Å². The Morgan fingerprint density at radius 2 is 2.05 bits per heavy atom. The first-order valence-electron chi connectivity index (χ1n) is 5.99. The molecule has 0 saturated carbocycles. The summed E-state index contributed by atoms with van der Waals surface area (Å²) in [4.78, 5) is 11.1. The lowest BCUT2D eigenvalue weighted by Gasteiger charge is -2.13. The molecule has 1 aromatic carbocycles. The zero-order valence-electron chi connectivity index (χ0n) is 11.0. The van der Waals surface area contributed by atoms with Gasteiger partial charge in [-0.2, -0.15) is 5.10 Å². The summed E-state index contributed by atoms with van der Waals surface area (Å²) < 4.78 is 2.71. The van der Waals surface area contributed by atoms with Gasteiger partial charge < -0.3 is 5.11 Å². The molecule has 0 amide bonds. The first kappa shape index (κ1) is 13.8. The van der Waals surface area contributed by atoms with Gasteiger partial charge in [0.25, 0.3) is 0 Å². The molecule has 0 aliphatic carbocycles. The number of nitrogens with zero attached hydrogens (tertiary/aromatic N) is 2. The van der Waals surface area contributed by atoms with Crippen molar-refractivity contribution in [2.45, 2.75) is 26.8 Å². The van der Waals surface area contributed by atoms with E-state index in [2.05, 4.69) is 21.0 Å². The van der Waals surface area contributed by atoms with E-state index in [1.54, 1.807) is 10.7 Å². The van der Waals surface area contributed by atoms with Crippen molar-refractivity contribution in [2.75, 3.05) is 0 Å². The molecule has 100 valence electrons. The summed E-state index contributed by atoms with van der Waals surface area (Å²) in [5.74, 6) is -1.01. The quantitative estimate of drug-likeness (QED) is 0.932. The summed E-state index contributed by atoms with van der Waals surface area (Å²) in [6, 6.07) is 7.67. The zero-order chi connectivity index (χ0) is 14.2. The highest BCUT2D eigenvalue weighted by atomic mass is 79.9. The van der Waals surface area contributed by atoms with E-state index < -0.39 is 5.97 Å². The van der Waals surface area contributed by atoms with Crippen molar-refractivity contribution in [3.05, 3.63) is 40.0 Å². The molecule has 0 radical (unpaired) electrons. The Morgan fingerprint density at radius 1 is 1.37 bits per heavy atom. The predicted molar refractivity (Wildman–Crippen MR) is 77.4 cm³/mol. The number of benzene rings is 1. The highest BCUT2D eigenvalue weighted by molar-refractivity contribution is 9.10. The lowest BCUT2D eigenvalue weighted by Crippen LogP contribution is -2.07. The van der Waals surface area contributed by atoms with Crippen molar-refractivity contribution < 1.29 is 9.90 Å². The fourth-order valence-electron chi connectivity index (χ4n) is 1.96. The van der Waals surface area contributed by atoms with Gasteiger partial charge in [-0.15, -0.1) is 0 Å². The van der Waals surface area contributed by atoms with Crippen LogP contribution in [0.3, 0.4) is 0 Å². The molecule has 19 heavy (non-hydrogen) atoms. The minimum Gasteiger partial charge on any atom is -0.476 e. The van der Waals surface area contributed by atoms with Crippen LogP contribution in [0.5, 0.6) is 0 Å². The molecule has 0 spiro atoms. The van der Waals surface area contributed by atoms with E-state index in [4.69, 9.17) is 5.11 Å². The Labute approximate surface area is 120 Å². The topological polar surface area (TPSA) is 55.1 Å². The second-order valence-corrected chi connectivity index (χ2v) is 5.63. The molecule has 4 nitrogen and oxygen atoms in total. The van der Waals surface area contributed by atoms with Crippen molar-refractivity contribution in [3.8, 4) is 11.3 Å². The lowest BCUT2D eigenvalue weighted by molar-refractivity contribution is 0.0689. The third-order valence-corrected chi connectivity index (χ3v) is 3.41. The summed E-state index contributed by atoms with van der Waals surface area (Å²) in [5, 5.41) is 13.2. The van der Waals surface area contributed by atoms with E-state index >= 15 is 0 Å². The summed E-state index contributed by atoms with van der Waals surface area (Å²) in [6.45, 7) is 5.96. The van der Waals surface area contributed by atoms with Gasteiger partial charge in [-0.3, -0.25) is 4.68 Å². The smallest absolute Gasteiger partial charge is 0.356 e. The van der Waals surface area contributed by atoms with E-state index in [1.807, 2.05) is 39.0 Å². The zero-order valence-corrected chi connectivity index (χ0v) is 12.6. The third-order valence-electron chi connectivity index (χ3n) is 2.92. The predicted octanol–water partition coefficient (Wildman–Crippen LogP) is 3.90. The van der Waals surface area contributed by atoms with E-state index in [0.29, 0.717) is 0 Å². The van der Waals surface area contributed by atoms with E-state index in [-0.39, 0.29) is 11.7 Å². The number of halogens is 1. The Hall–Kier alpha value is -1.62. The van der Waals surface area contributed by atoms with Gasteiger partial charge in [-0.25, -0.2) is 4.79 Å². The van der Waals surface area contributed by atoms with Gasteiger partial charge in [-0.1, -0.05) is 22.0 Å². The summed E-state index contributed by atoms with van der Waals surface area (Å²) in [7, 11) is 0. The number of hydrogen-bond acceptors (Lipinski definition) is 2. The molecule has 0 bridgehead atoms. The number of carboxylic acid groups (broad SMARTS) is 1. The van der Waals surface area contributed by atoms with E-state index in [9.17, 15) is 4.79 Å². The maximum absolute atomic E-state index is 11.1. The molecule has 1 heterocycles. The Morgan fingerprint density at radius 3 is 2.63 bits per heavy atom. The Kier molecular flexibility index (Phi) is 3.75. The molecule has 1 aromatic heterocycles. The van der Waals surface area contributed by atoms with Gasteiger partial charge in [-0.05, 0) is 44.5 Å². The van der Waals surface area contributed by atoms with Crippen LogP contribution in [-0.4, -0.2) is 20.9 Å². The number of carbonyl (C=O) groups is 1. The van der Waals surface area contributed by atoms with Crippen LogP contribution >= 0.6 is 15.9 Å². The van der Waals surface area contributed by atoms with Crippen LogP contribution in [0.2, 0.25) is 0 Å². The van der Waals surface area contributed by atoms with Crippen LogP contribution in [0.4, 0.5) is 0 Å². The van der Waals surface area contributed by atoms with Crippen LogP contribution in [-0.2, 0) is 0 Å². The molecule has 1 N–H and O–H groups in total. The van der Waals surface area contributed by atoms with Gasteiger partial charge >= 0.3 is 5.97 Å². The van der Waals surface area contributed by atoms with Gasteiger partial charge in [0.05, 0.1) is 5.69 Å². The average Bonchev–Trinajstić information content (AvgIpc) is 2.77. The molecule has 0 aliphatic rings. The Bertz CT molecular complexity index is 632. The highest BCUT2D eigenvalue weighted by Crippen LogP contribution is 2.29. The SMILES string of the molecule is Cc1ccc(Br)cc1-c1cc(C(=O)O)nn1C(C)C. The molecular formula is C14H15BrN2O2. The third kappa shape index (κ3) is 2.71. The molecule has 0 aliphatic heterocycles. The van der Waals surface area contributed by atoms with Gasteiger partial charge in [0, 0.05) is 16.1 Å². The highest BCUT2D eigenvalue weighted by Gasteiger charge is 2.17. The summed E-state index contributed by atoms with van der Waals surface area (Å²) in [6.07, 6.45) is 0. The van der Waals surface area contributed by atoms with E-state index in [1.165, 1.54) is 0 Å². The summed E-state index contributed by atoms with van der Waals surface area (Å²) >= 11 is 3.44. The summed E-state index contributed by atoms with van der Waals surface area (Å²) in [5.41, 5.74) is 2.97. The number of hydrogen-bond donors (Lipinski definition) is 1. The van der Waals surface area contributed by atoms with Crippen molar-refractivity contribution in [1.82, 2.24) is 9.78 Å². The number of aryl methyl sites for hydroxylation is 1. The largest absolute Gasteiger partial charge is 0.476 e. The van der Waals surface area contributed by atoms with Crippen molar-refractivity contribution >= 4 is 21.9 Å². The first-order valence-corrected chi connectivity index (χ1v) is 6.79. The standard InChI is InChI=1S/C14H15BrN2O2/c1-8(2)17-13(7-12(16-17)14(18)19)11-6-10(15)5-4-9(11)3/h4-8H,1-3H3,(H,18,19). The molecule has 2 aromatic rings. The average molecular weight is 323 g/mol. The minimum absolute atomic E-state index is 0.0723. The fourth-order valence-corrected chi connectivity index (χ4v) is 2.33. The molecule has 0 saturated heterocycles. The molecule has 0 fully saturated rings. The molecule has 2 rings (SSSR count). The van der Waals surface area contributed by atoms with Gasteiger partial charge in [0.1, 0.15) is 0 Å². The lowest BCUT2D eigenvalue weighted by atomic mass is 10.1. The van der Waals surface area contributed by atoms with Crippen molar-refractivity contribution in [1.29, 1.82) is 0 Å². The molecule has 5 heteroatoms. The first-order chi connectivity index (χ1) is 8.90. The number of aromatic carboxylic acids is 1. The normalized spacial score (nSPS) is 11.0. The maximum atomic E-state index is 11.1. The van der Waals surface area contributed by atoms with Crippen LogP contribution in [0, 0.1) is 6.92 Å². The van der Waals surface area contributed by atoms with Gasteiger partial charge in [0.15, 0.2) is 5.69 Å². The van der Waals surface area contributed by atoms with Crippen molar-refractivity contribution in [3.63, 3.8) is 0 Å². The van der Waals surface area contributed by atoms with Crippen LogP contribution in [0.1, 0.15) is 35.9 Å². The second kappa shape index (κ2) is 5.17. The number of rotatable bonds is 3. The fraction of sp³-hybridized carbons (Fsp3) is 0.286. The van der Waals surface area contributed by atoms with Crippen LogP contribution in [0.25, 0.3) is 11.3 Å². The number of carboxylic acids is 1. The van der Waals surface area contributed by atoms with Gasteiger partial charge in [0.2, 0.25) is 0 Å². The monoisotopic (exact) mass is 322 g/mol. The molecular weight excluding hydrogens is 308 g/mol. The minimum atomic E-state index is -1.01. The number of aromatic nitrogens is 2.